The highest BCUT2D eigenvalue weighted by atomic mass is 16.5. The molecule has 0 aliphatic carbocycles. The summed E-state index contributed by atoms with van der Waals surface area (Å²) in [5.41, 5.74) is 0.301. The molecule has 1 fully saturated rings. The zero-order valence-corrected chi connectivity index (χ0v) is 14.8. The van der Waals surface area contributed by atoms with Crippen molar-refractivity contribution in [1.82, 2.24) is 15.0 Å². The first kappa shape index (κ1) is 16.7. The van der Waals surface area contributed by atoms with Crippen LogP contribution in [0.3, 0.4) is 0 Å². The maximum Gasteiger partial charge on any atom is 0.276 e. The van der Waals surface area contributed by atoms with Crippen LogP contribution in [0.1, 0.15) is 30.1 Å². The van der Waals surface area contributed by atoms with Crippen LogP contribution in [0.2, 0.25) is 0 Å². The molecule has 1 aliphatic rings. The Bertz CT molecular complexity index is 853. The van der Waals surface area contributed by atoms with Crippen molar-refractivity contribution in [3.63, 3.8) is 0 Å². The van der Waals surface area contributed by atoms with Gasteiger partial charge in [0, 0.05) is 31.2 Å². The number of hydrogen-bond donors (Lipinski definition) is 0. The zero-order valence-electron chi connectivity index (χ0n) is 14.8. The Hall–Kier alpha value is -2.80. The number of carbonyl (C=O) groups is 1. The van der Waals surface area contributed by atoms with Crippen LogP contribution in [0, 0.1) is 0 Å². The van der Waals surface area contributed by atoms with Crippen molar-refractivity contribution < 1.29 is 18.2 Å². The fourth-order valence-electron chi connectivity index (χ4n) is 3.36. The SMILES string of the molecule is C[C@H]1CN(C(=O)c2cc(-c3ccco3)on2)[C@@H](C)CN1Cc1ccco1. The van der Waals surface area contributed by atoms with Gasteiger partial charge in [0.15, 0.2) is 11.5 Å². The summed E-state index contributed by atoms with van der Waals surface area (Å²) in [6.45, 7) is 6.31. The summed E-state index contributed by atoms with van der Waals surface area (Å²) in [7, 11) is 0. The second-order valence-electron chi connectivity index (χ2n) is 6.72. The molecule has 7 heteroatoms. The molecule has 0 N–H and O–H groups in total. The van der Waals surface area contributed by atoms with Gasteiger partial charge in [0.05, 0.1) is 19.1 Å². The smallest absolute Gasteiger partial charge is 0.276 e. The van der Waals surface area contributed by atoms with Crippen LogP contribution < -0.4 is 0 Å². The van der Waals surface area contributed by atoms with E-state index in [1.165, 1.54) is 0 Å². The van der Waals surface area contributed by atoms with Gasteiger partial charge in [-0.2, -0.15) is 0 Å². The van der Waals surface area contributed by atoms with E-state index in [-0.39, 0.29) is 18.0 Å². The van der Waals surface area contributed by atoms with E-state index in [0.717, 1.165) is 18.8 Å². The van der Waals surface area contributed by atoms with Crippen LogP contribution in [0.25, 0.3) is 11.5 Å². The Morgan fingerprint density at radius 2 is 1.92 bits per heavy atom. The highest BCUT2D eigenvalue weighted by Gasteiger charge is 2.34. The van der Waals surface area contributed by atoms with Crippen molar-refractivity contribution in [3.05, 3.63) is 54.3 Å². The molecule has 0 spiro atoms. The maximum atomic E-state index is 12.9. The third kappa shape index (κ3) is 3.17. The summed E-state index contributed by atoms with van der Waals surface area (Å²) >= 11 is 0. The van der Waals surface area contributed by atoms with E-state index < -0.39 is 0 Å². The number of nitrogens with zero attached hydrogens (tertiary/aromatic N) is 3. The lowest BCUT2D eigenvalue weighted by molar-refractivity contribution is 0.0262. The summed E-state index contributed by atoms with van der Waals surface area (Å²) < 4.78 is 16.0. The van der Waals surface area contributed by atoms with Gasteiger partial charge in [-0.15, -0.1) is 0 Å². The molecule has 1 amide bonds. The van der Waals surface area contributed by atoms with Gasteiger partial charge >= 0.3 is 0 Å². The monoisotopic (exact) mass is 355 g/mol. The van der Waals surface area contributed by atoms with Gasteiger partial charge in [-0.05, 0) is 38.1 Å². The molecule has 1 aliphatic heterocycles. The molecule has 4 rings (SSSR count). The molecule has 1 saturated heterocycles. The molecule has 26 heavy (non-hydrogen) atoms. The molecular weight excluding hydrogens is 334 g/mol. The van der Waals surface area contributed by atoms with Crippen LogP contribution in [0.5, 0.6) is 0 Å². The highest BCUT2D eigenvalue weighted by Crippen LogP contribution is 2.24. The van der Waals surface area contributed by atoms with Crippen LogP contribution in [-0.4, -0.2) is 46.0 Å². The molecule has 136 valence electrons. The lowest BCUT2D eigenvalue weighted by Crippen LogP contribution is -2.57. The van der Waals surface area contributed by atoms with Crippen LogP contribution >= 0.6 is 0 Å². The summed E-state index contributed by atoms with van der Waals surface area (Å²) in [6, 6.07) is 9.32. The predicted molar refractivity (Wildman–Crippen MR) is 93.3 cm³/mol. The Morgan fingerprint density at radius 1 is 1.12 bits per heavy atom. The number of aromatic nitrogens is 1. The first-order valence-electron chi connectivity index (χ1n) is 8.70. The minimum absolute atomic E-state index is 0.0671. The number of amides is 1. The summed E-state index contributed by atoms with van der Waals surface area (Å²) in [6.07, 6.45) is 3.24. The average molecular weight is 355 g/mol. The molecule has 0 aromatic carbocycles. The minimum atomic E-state index is -0.122. The van der Waals surface area contributed by atoms with Crippen molar-refractivity contribution in [2.45, 2.75) is 32.5 Å². The predicted octanol–water partition coefficient (Wildman–Crippen LogP) is 3.26. The van der Waals surface area contributed by atoms with E-state index in [0.29, 0.717) is 23.8 Å². The molecular formula is C19H21N3O4. The second-order valence-corrected chi connectivity index (χ2v) is 6.72. The quantitative estimate of drug-likeness (QED) is 0.715. The highest BCUT2D eigenvalue weighted by molar-refractivity contribution is 5.93. The van der Waals surface area contributed by atoms with E-state index >= 15 is 0 Å². The molecule has 3 aromatic heterocycles. The lowest BCUT2D eigenvalue weighted by Gasteiger charge is -2.43. The van der Waals surface area contributed by atoms with Crippen LogP contribution in [0.4, 0.5) is 0 Å². The molecule has 0 bridgehead atoms. The minimum Gasteiger partial charge on any atom is -0.468 e. The van der Waals surface area contributed by atoms with Crippen molar-refractivity contribution in [3.8, 4) is 11.5 Å². The second kappa shape index (κ2) is 6.84. The Balaban J connectivity index is 1.45. The standard InChI is InChI=1S/C19H21N3O4/c1-13-11-22(14(2)10-21(13)12-15-5-3-7-24-15)19(23)16-9-18(26-20-16)17-6-4-8-25-17/h3-9,13-14H,10-12H2,1-2H3/t13-,14-/m0/s1. The molecule has 7 nitrogen and oxygen atoms in total. The van der Waals surface area contributed by atoms with Crippen molar-refractivity contribution in [2.75, 3.05) is 13.1 Å². The van der Waals surface area contributed by atoms with E-state index in [1.54, 1.807) is 30.7 Å². The first-order valence-corrected chi connectivity index (χ1v) is 8.70. The van der Waals surface area contributed by atoms with E-state index in [1.807, 2.05) is 24.0 Å². The van der Waals surface area contributed by atoms with Crippen LogP contribution in [-0.2, 0) is 6.54 Å². The molecule has 0 unspecified atom stereocenters. The normalized spacial score (nSPS) is 21.2. The number of carbonyl (C=O) groups excluding carboxylic acids is 1. The van der Waals surface area contributed by atoms with Crippen molar-refractivity contribution >= 4 is 5.91 Å². The van der Waals surface area contributed by atoms with Crippen LogP contribution in [0.15, 0.2) is 56.2 Å². The largest absolute Gasteiger partial charge is 0.468 e. The number of hydrogen-bond acceptors (Lipinski definition) is 6. The molecule has 3 aromatic rings. The molecule has 4 heterocycles. The lowest BCUT2D eigenvalue weighted by atomic mass is 10.1. The fraction of sp³-hybridized carbons (Fsp3) is 0.368. The topological polar surface area (TPSA) is 75.9 Å². The fourth-order valence-corrected chi connectivity index (χ4v) is 3.36. The molecule has 0 radical (unpaired) electrons. The maximum absolute atomic E-state index is 12.9. The van der Waals surface area contributed by atoms with Crippen molar-refractivity contribution in [1.29, 1.82) is 0 Å². The summed E-state index contributed by atoms with van der Waals surface area (Å²) in [5, 5.41) is 3.93. The van der Waals surface area contributed by atoms with Crippen molar-refractivity contribution in [2.24, 2.45) is 0 Å². The number of furan rings is 2. The van der Waals surface area contributed by atoms with Gasteiger partial charge in [0.2, 0.25) is 5.76 Å². The Kier molecular flexibility index (Phi) is 4.38. The van der Waals surface area contributed by atoms with E-state index in [4.69, 9.17) is 13.4 Å². The first-order chi connectivity index (χ1) is 12.6. The van der Waals surface area contributed by atoms with Gasteiger partial charge in [0.1, 0.15) is 5.76 Å². The number of piperazine rings is 1. The summed E-state index contributed by atoms with van der Waals surface area (Å²) in [5.74, 6) is 1.82. The zero-order chi connectivity index (χ0) is 18.1. The van der Waals surface area contributed by atoms with Gasteiger partial charge in [0.25, 0.3) is 5.91 Å². The van der Waals surface area contributed by atoms with E-state index in [9.17, 15) is 4.79 Å². The van der Waals surface area contributed by atoms with Gasteiger partial charge in [-0.3, -0.25) is 9.69 Å². The Labute approximate surface area is 151 Å². The van der Waals surface area contributed by atoms with Gasteiger partial charge in [-0.1, -0.05) is 5.16 Å². The Morgan fingerprint density at radius 3 is 2.65 bits per heavy atom. The molecule has 2 atom stereocenters. The third-order valence-corrected chi connectivity index (χ3v) is 4.81. The summed E-state index contributed by atoms with van der Waals surface area (Å²) in [4.78, 5) is 17.1. The van der Waals surface area contributed by atoms with Gasteiger partial charge < -0.3 is 18.3 Å². The van der Waals surface area contributed by atoms with E-state index in [2.05, 4.69) is 17.0 Å². The van der Waals surface area contributed by atoms with Gasteiger partial charge in [-0.25, -0.2) is 0 Å². The average Bonchev–Trinajstić information content (AvgIpc) is 3.39. The number of rotatable bonds is 4. The molecule has 0 saturated carbocycles. The third-order valence-electron chi connectivity index (χ3n) is 4.81.